The lowest BCUT2D eigenvalue weighted by Gasteiger charge is -2.40. The van der Waals surface area contributed by atoms with Gasteiger partial charge in [0.25, 0.3) is 5.91 Å². The minimum absolute atomic E-state index is 0.0868. The Labute approximate surface area is 204 Å². The number of amides is 1. The second-order valence-electron chi connectivity index (χ2n) is 9.51. The van der Waals surface area contributed by atoms with E-state index in [1.807, 2.05) is 47.4 Å². The summed E-state index contributed by atoms with van der Waals surface area (Å²) >= 11 is 6.48. The number of hydrogen-bond donors (Lipinski definition) is 1. The molecule has 1 aliphatic heterocycles. The second kappa shape index (κ2) is 9.13. The van der Waals surface area contributed by atoms with Crippen LogP contribution in [0.2, 0.25) is 5.02 Å². The molecule has 2 aromatic carbocycles. The number of piperazine rings is 1. The zero-order chi connectivity index (χ0) is 23.9. The molecule has 2 fully saturated rings. The molecule has 34 heavy (non-hydrogen) atoms. The highest BCUT2D eigenvalue weighted by Gasteiger charge is 2.47. The van der Waals surface area contributed by atoms with Crippen LogP contribution in [0.15, 0.2) is 46.9 Å². The zero-order valence-electron chi connectivity index (χ0n) is 19.5. The van der Waals surface area contributed by atoms with Crippen LogP contribution in [0.4, 0.5) is 0 Å². The molecule has 8 heteroatoms. The highest BCUT2D eigenvalue weighted by atomic mass is 35.5. The zero-order valence-corrected chi connectivity index (χ0v) is 20.3. The fraction of sp³-hybridized carbons (Fsp3) is 0.423. The average Bonchev–Trinajstić information content (AvgIpc) is 3.39. The summed E-state index contributed by atoms with van der Waals surface area (Å²) in [6.45, 7) is 7.23. The SMILES string of the molecule is Cc1c(Cc2nnc(C3(O)CC3)o2)cc(Cl)cc1CN1CCN(C(=O)c2ccccc2)[C@@H](C)C1. The van der Waals surface area contributed by atoms with Gasteiger partial charge in [-0.15, -0.1) is 10.2 Å². The van der Waals surface area contributed by atoms with Crippen LogP contribution in [0.25, 0.3) is 0 Å². The molecule has 178 valence electrons. The molecule has 2 heterocycles. The molecule has 1 atom stereocenters. The number of nitrogens with zero attached hydrogens (tertiary/aromatic N) is 4. The van der Waals surface area contributed by atoms with Crippen molar-refractivity contribution in [1.29, 1.82) is 0 Å². The number of hydrogen-bond acceptors (Lipinski definition) is 6. The van der Waals surface area contributed by atoms with Crippen molar-refractivity contribution in [2.24, 2.45) is 0 Å². The molecule has 5 rings (SSSR count). The lowest BCUT2D eigenvalue weighted by molar-refractivity contribution is 0.0475. The number of halogens is 1. The Bertz CT molecular complexity index is 1190. The Balaban J connectivity index is 1.26. The van der Waals surface area contributed by atoms with Gasteiger partial charge in [-0.25, -0.2) is 0 Å². The summed E-state index contributed by atoms with van der Waals surface area (Å²) < 4.78 is 5.72. The third-order valence-electron chi connectivity index (χ3n) is 6.90. The van der Waals surface area contributed by atoms with E-state index in [9.17, 15) is 9.90 Å². The Morgan fingerprint density at radius 1 is 1.18 bits per heavy atom. The molecule has 0 unspecified atom stereocenters. The van der Waals surface area contributed by atoms with Gasteiger partial charge in [0, 0.05) is 42.8 Å². The molecule has 1 saturated carbocycles. The lowest BCUT2D eigenvalue weighted by Crippen LogP contribution is -2.53. The molecule has 1 saturated heterocycles. The Morgan fingerprint density at radius 2 is 1.91 bits per heavy atom. The van der Waals surface area contributed by atoms with Crippen molar-refractivity contribution in [3.63, 3.8) is 0 Å². The van der Waals surface area contributed by atoms with Gasteiger partial charge >= 0.3 is 0 Å². The first kappa shape index (κ1) is 23.0. The van der Waals surface area contributed by atoms with E-state index in [-0.39, 0.29) is 11.9 Å². The smallest absolute Gasteiger partial charge is 0.254 e. The van der Waals surface area contributed by atoms with Gasteiger partial charge in [-0.3, -0.25) is 9.69 Å². The van der Waals surface area contributed by atoms with E-state index >= 15 is 0 Å². The van der Waals surface area contributed by atoms with Crippen molar-refractivity contribution >= 4 is 17.5 Å². The first-order valence-electron chi connectivity index (χ1n) is 11.7. The molecule has 0 bridgehead atoms. The van der Waals surface area contributed by atoms with Crippen LogP contribution >= 0.6 is 11.6 Å². The van der Waals surface area contributed by atoms with E-state index in [2.05, 4.69) is 28.9 Å². The topological polar surface area (TPSA) is 82.7 Å². The summed E-state index contributed by atoms with van der Waals surface area (Å²) in [5.74, 6) is 0.872. The van der Waals surface area contributed by atoms with Crippen molar-refractivity contribution < 1.29 is 14.3 Å². The number of carbonyl (C=O) groups excluding carboxylic acids is 1. The largest absolute Gasteiger partial charge is 0.422 e. The Hall–Kier alpha value is -2.74. The Morgan fingerprint density at radius 3 is 2.62 bits per heavy atom. The van der Waals surface area contributed by atoms with Crippen LogP contribution in [0.5, 0.6) is 0 Å². The number of aliphatic hydroxyl groups is 1. The summed E-state index contributed by atoms with van der Waals surface area (Å²) in [6.07, 6.45) is 1.80. The van der Waals surface area contributed by atoms with Crippen LogP contribution in [0.1, 0.15) is 58.6 Å². The summed E-state index contributed by atoms with van der Waals surface area (Å²) in [4.78, 5) is 17.2. The summed E-state index contributed by atoms with van der Waals surface area (Å²) in [6, 6.07) is 13.5. The van der Waals surface area contributed by atoms with Crippen LogP contribution in [-0.2, 0) is 18.6 Å². The summed E-state index contributed by atoms with van der Waals surface area (Å²) in [5, 5.41) is 19.0. The van der Waals surface area contributed by atoms with Gasteiger partial charge in [-0.2, -0.15) is 0 Å². The first-order chi connectivity index (χ1) is 16.3. The summed E-state index contributed by atoms with van der Waals surface area (Å²) in [5.41, 5.74) is 3.13. The van der Waals surface area contributed by atoms with E-state index in [0.29, 0.717) is 42.6 Å². The molecule has 0 radical (unpaired) electrons. The molecule has 0 spiro atoms. The van der Waals surface area contributed by atoms with Gasteiger partial charge in [-0.05, 0) is 67.6 Å². The van der Waals surface area contributed by atoms with Gasteiger partial charge in [0.2, 0.25) is 11.8 Å². The second-order valence-corrected chi connectivity index (χ2v) is 9.94. The maximum absolute atomic E-state index is 12.9. The predicted molar refractivity (Wildman–Crippen MR) is 129 cm³/mol. The number of carbonyl (C=O) groups is 1. The normalized spacial score (nSPS) is 19.9. The molecular formula is C26H29ClN4O3. The van der Waals surface area contributed by atoms with E-state index in [0.717, 1.165) is 41.9 Å². The van der Waals surface area contributed by atoms with Crippen LogP contribution < -0.4 is 0 Å². The standard InChI is InChI=1S/C26H29ClN4O3/c1-17-15-30(10-11-31(17)24(32)19-6-4-3-5-7-19)16-21-13-22(27)12-20(18(21)2)14-23-28-29-25(34-23)26(33)8-9-26/h3-7,12-13,17,33H,8-11,14-16H2,1-2H3/t17-/m0/s1. The maximum atomic E-state index is 12.9. The van der Waals surface area contributed by atoms with Gasteiger partial charge in [0.05, 0.1) is 6.42 Å². The number of benzene rings is 2. The highest BCUT2D eigenvalue weighted by Crippen LogP contribution is 2.44. The fourth-order valence-corrected chi connectivity index (χ4v) is 4.88. The van der Waals surface area contributed by atoms with Gasteiger partial charge in [0.1, 0.15) is 5.60 Å². The summed E-state index contributed by atoms with van der Waals surface area (Å²) in [7, 11) is 0. The maximum Gasteiger partial charge on any atom is 0.254 e. The van der Waals surface area contributed by atoms with Crippen LogP contribution in [0.3, 0.4) is 0 Å². The molecule has 1 aromatic heterocycles. The average molecular weight is 481 g/mol. The lowest BCUT2D eigenvalue weighted by atomic mass is 9.99. The van der Waals surface area contributed by atoms with Crippen molar-refractivity contribution in [2.75, 3.05) is 19.6 Å². The third kappa shape index (κ3) is 4.73. The van der Waals surface area contributed by atoms with Gasteiger partial charge < -0.3 is 14.4 Å². The molecule has 1 amide bonds. The van der Waals surface area contributed by atoms with E-state index in [4.69, 9.17) is 16.0 Å². The fourth-order valence-electron chi connectivity index (χ4n) is 4.62. The monoisotopic (exact) mass is 480 g/mol. The Kier molecular flexibility index (Phi) is 6.18. The van der Waals surface area contributed by atoms with Gasteiger partial charge in [0.15, 0.2) is 0 Å². The molecule has 1 N–H and O–H groups in total. The number of aromatic nitrogens is 2. The van der Waals surface area contributed by atoms with Crippen LogP contribution in [-0.4, -0.2) is 56.7 Å². The minimum Gasteiger partial charge on any atom is -0.422 e. The predicted octanol–water partition coefficient (Wildman–Crippen LogP) is 3.95. The van der Waals surface area contributed by atoms with E-state index in [1.54, 1.807) is 0 Å². The van der Waals surface area contributed by atoms with Crippen molar-refractivity contribution in [2.45, 2.75) is 51.3 Å². The highest BCUT2D eigenvalue weighted by molar-refractivity contribution is 6.30. The molecule has 2 aliphatic rings. The van der Waals surface area contributed by atoms with Gasteiger partial charge in [-0.1, -0.05) is 29.8 Å². The third-order valence-corrected chi connectivity index (χ3v) is 7.12. The van der Waals surface area contributed by atoms with Crippen molar-refractivity contribution in [3.05, 3.63) is 81.5 Å². The van der Waals surface area contributed by atoms with Crippen LogP contribution in [0, 0.1) is 6.92 Å². The minimum atomic E-state index is -0.930. The quantitative estimate of drug-likeness (QED) is 0.575. The molecule has 1 aliphatic carbocycles. The van der Waals surface area contributed by atoms with E-state index < -0.39 is 5.60 Å². The first-order valence-corrected chi connectivity index (χ1v) is 12.1. The molecule has 7 nitrogen and oxygen atoms in total. The van der Waals surface area contributed by atoms with Crippen molar-refractivity contribution in [1.82, 2.24) is 20.0 Å². The van der Waals surface area contributed by atoms with E-state index in [1.165, 1.54) is 0 Å². The molecular weight excluding hydrogens is 452 g/mol. The number of rotatable bonds is 6. The molecule has 3 aromatic rings. The van der Waals surface area contributed by atoms with Crippen molar-refractivity contribution in [3.8, 4) is 0 Å².